The van der Waals surface area contributed by atoms with E-state index in [1.807, 2.05) is 30.4 Å². The van der Waals surface area contributed by atoms with Crippen molar-refractivity contribution in [3.8, 4) is 0 Å². The quantitative estimate of drug-likeness (QED) is 0.845. The van der Waals surface area contributed by atoms with E-state index in [9.17, 15) is 0 Å². The molecular formula is C12H11BrN2. The first kappa shape index (κ1) is 10.2. The first-order valence-corrected chi connectivity index (χ1v) is 5.81. The molecule has 0 aliphatic heterocycles. The highest BCUT2D eigenvalue weighted by Gasteiger charge is 2.01. The van der Waals surface area contributed by atoms with Crippen LogP contribution < -0.4 is 5.73 Å². The number of nitrogen functional groups attached to an aromatic ring is 1. The van der Waals surface area contributed by atoms with Gasteiger partial charge < -0.3 is 5.73 Å². The summed E-state index contributed by atoms with van der Waals surface area (Å²) in [6.07, 6.45) is 5.89. The SMILES string of the molecule is Nc1ncc(C=CCBr)c2ccccc12. The monoisotopic (exact) mass is 262 g/mol. The second-order valence-electron chi connectivity index (χ2n) is 3.20. The lowest BCUT2D eigenvalue weighted by Gasteiger charge is -2.03. The molecule has 0 unspecified atom stereocenters. The molecule has 0 aliphatic rings. The van der Waals surface area contributed by atoms with Gasteiger partial charge in [-0.3, -0.25) is 0 Å². The van der Waals surface area contributed by atoms with Crippen molar-refractivity contribution in [1.29, 1.82) is 0 Å². The molecule has 0 aliphatic carbocycles. The molecule has 2 nitrogen and oxygen atoms in total. The number of nitrogens with two attached hydrogens (primary N) is 1. The topological polar surface area (TPSA) is 38.9 Å². The van der Waals surface area contributed by atoms with Crippen molar-refractivity contribution in [2.75, 3.05) is 11.1 Å². The summed E-state index contributed by atoms with van der Waals surface area (Å²) in [4.78, 5) is 4.17. The molecule has 1 heterocycles. The number of benzene rings is 1. The normalized spacial score (nSPS) is 11.3. The molecule has 0 spiro atoms. The molecule has 2 aromatic rings. The van der Waals surface area contributed by atoms with Crippen molar-refractivity contribution in [1.82, 2.24) is 4.98 Å². The van der Waals surface area contributed by atoms with Gasteiger partial charge >= 0.3 is 0 Å². The second-order valence-corrected chi connectivity index (χ2v) is 3.85. The number of allylic oxidation sites excluding steroid dienone is 1. The van der Waals surface area contributed by atoms with Crippen LogP contribution in [-0.4, -0.2) is 10.3 Å². The molecule has 0 radical (unpaired) electrons. The molecule has 1 aromatic heterocycles. The van der Waals surface area contributed by atoms with Gasteiger partial charge in [-0.25, -0.2) is 4.98 Å². The van der Waals surface area contributed by atoms with Gasteiger partial charge in [0.1, 0.15) is 5.82 Å². The van der Waals surface area contributed by atoms with Gasteiger partial charge in [-0.05, 0) is 5.39 Å². The van der Waals surface area contributed by atoms with Crippen molar-refractivity contribution in [3.63, 3.8) is 0 Å². The molecule has 0 fully saturated rings. The average molecular weight is 263 g/mol. The Morgan fingerprint density at radius 1 is 1.27 bits per heavy atom. The van der Waals surface area contributed by atoms with Gasteiger partial charge in [-0.15, -0.1) is 0 Å². The Balaban J connectivity index is 2.66. The highest BCUT2D eigenvalue weighted by molar-refractivity contribution is 9.09. The Kier molecular flexibility index (Phi) is 3.02. The molecule has 0 saturated carbocycles. The van der Waals surface area contributed by atoms with E-state index in [0.29, 0.717) is 5.82 Å². The highest BCUT2D eigenvalue weighted by Crippen LogP contribution is 2.23. The van der Waals surface area contributed by atoms with Gasteiger partial charge in [0, 0.05) is 22.5 Å². The first-order chi connectivity index (χ1) is 7.33. The number of anilines is 1. The molecule has 15 heavy (non-hydrogen) atoms. The lowest BCUT2D eigenvalue weighted by molar-refractivity contribution is 1.36. The molecule has 0 amide bonds. The second kappa shape index (κ2) is 4.45. The van der Waals surface area contributed by atoms with Crippen molar-refractivity contribution in [3.05, 3.63) is 42.1 Å². The zero-order valence-corrected chi connectivity index (χ0v) is 9.74. The Labute approximate surface area is 96.9 Å². The van der Waals surface area contributed by atoms with Gasteiger partial charge in [0.25, 0.3) is 0 Å². The van der Waals surface area contributed by atoms with Gasteiger partial charge in [-0.1, -0.05) is 52.3 Å². The Hall–Kier alpha value is -1.35. The number of pyridine rings is 1. The number of nitrogens with zero attached hydrogens (tertiary/aromatic N) is 1. The van der Waals surface area contributed by atoms with E-state index in [-0.39, 0.29) is 0 Å². The van der Waals surface area contributed by atoms with Crippen LogP contribution in [0.4, 0.5) is 5.82 Å². The number of alkyl halides is 1. The molecule has 0 bridgehead atoms. The van der Waals surface area contributed by atoms with E-state index in [0.717, 1.165) is 21.7 Å². The summed E-state index contributed by atoms with van der Waals surface area (Å²) in [6.45, 7) is 0. The number of hydrogen-bond acceptors (Lipinski definition) is 2. The van der Waals surface area contributed by atoms with E-state index in [2.05, 4.69) is 27.0 Å². The number of rotatable bonds is 2. The smallest absolute Gasteiger partial charge is 0.131 e. The minimum absolute atomic E-state index is 0.585. The fourth-order valence-corrected chi connectivity index (χ4v) is 1.73. The van der Waals surface area contributed by atoms with E-state index in [1.54, 1.807) is 6.20 Å². The summed E-state index contributed by atoms with van der Waals surface area (Å²) in [5.41, 5.74) is 6.91. The van der Waals surface area contributed by atoms with E-state index < -0.39 is 0 Å². The van der Waals surface area contributed by atoms with Gasteiger partial charge in [0.05, 0.1) is 0 Å². The predicted octanol–water partition coefficient (Wildman–Crippen LogP) is 3.23. The summed E-state index contributed by atoms with van der Waals surface area (Å²) < 4.78 is 0. The standard InChI is InChI=1S/C12H11BrN2/c13-7-3-4-9-8-15-12(14)11-6-2-1-5-10(9)11/h1-6,8H,7H2,(H2,14,15). The lowest BCUT2D eigenvalue weighted by Crippen LogP contribution is -1.92. The Morgan fingerprint density at radius 2 is 2.00 bits per heavy atom. The van der Waals surface area contributed by atoms with E-state index in [1.165, 1.54) is 0 Å². The maximum absolute atomic E-state index is 5.81. The van der Waals surface area contributed by atoms with Crippen molar-refractivity contribution < 1.29 is 0 Å². The minimum atomic E-state index is 0.585. The van der Waals surface area contributed by atoms with Crippen LogP contribution in [0.25, 0.3) is 16.8 Å². The van der Waals surface area contributed by atoms with Crippen molar-refractivity contribution in [2.24, 2.45) is 0 Å². The van der Waals surface area contributed by atoms with E-state index >= 15 is 0 Å². The lowest BCUT2D eigenvalue weighted by atomic mass is 10.1. The highest BCUT2D eigenvalue weighted by atomic mass is 79.9. The third-order valence-electron chi connectivity index (χ3n) is 2.24. The predicted molar refractivity (Wildman–Crippen MR) is 69.0 cm³/mol. The average Bonchev–Trinajstić information content (AvgIpc) is 2.29. The van der Waals surface area contributed by atoms with Crippen LogP contribution in [0.2, 0.25) is 0 Å². The zero-order valence-electron chi connectivity index (χ0n) is 8.15. The largest absolute Gasteiger partial charge is 0.383 e. The summed E-state index contributed by atoms with van der Waals surface area (Å²) >= 11 is 3.35. The van der Waals surface area contributed by atoms with Crippen LogP contribution in [0.5, 0.6) is 0 Å². The fourth-order valence-electron chi connectivity index (χ4n) is 1.54. The molecule has 2 rings (SSSR count). The summed E-state index contributed by atoms with van der Waals surface area (Å²) in [7, 11) is 0. The maximum atomic E-state index is 5.81. The maximum Gasteiger partial charge on any atom is 0.131 e. The van der Waals surface area contributed by atoms with Gasteiger partial charge in [0.2, 0.25) is 0 Å². The third kappa shape index (κ3) is 2.02. The molecule has 76 valence electrons. The number of fused-ring (bicyclic) bond motifs is 1. The van der Waals surface area contributed by atoms with Crippen molar-refractivity contribution >= 4 is 38.6 Å². The van der Waals surface area contributed by atoms with Crippen LogP contribution in [-0.2, 0) is 0 Å². The van der Waals surface area contributed by atoms with Crippen LogP contribution in [0, 0.1) is 0 Å². The summed E-state index contributed by atoms with van der Waals surface area (Å²) in [5, 5.41) is 2.99. The summed E-state index contributed by atoms with van der Waals surface area (Å²) in [5.74, 6) is 0.585. The molecule has 0 saturated heterocycles. The van der Waals surface area contributed by atoms with Gasteiger partial charge in [-0.2, -0.15) is 0 Å². The molecular weight excluding hydrogens is 252 g/mol. The first-order valence-electron chi connectivity index (χ1n) is 4.68. The number of halogens is 1. The third-order valence-corrected chi connectivity index (χ3v) is 2.62. The minimum Gasteiger partial charge on any atom is -0.383 e. The van der Waals surface area contributed by atoms with Crippen LogP contribution in [0.3, 0.4) is 0 Å². The number of hydrogen-bond donors (Lipinski definition) is 1. The van der Waals surface area contributed by atoms with Crippen molar-refractivity contribution in [2.45, 2.75) is 0 Å². The molecule has 0 atom stereocenters. The molecule has 3 heteroatoms. The van der Waals surface area contributed by atoms with Gasteiger partial charge in [0.15, 0.2) is 0 Å². The number of aromatic nitrogens is 1. The van der Waals surface area contributed by atoms with E-state index in [4.69, 9.17) is 5.73 Å². The Bertz CT molecular complexity index is 506. The van der Waals surface area contributed by atoms with Crippen LogP contribution in [0.1, 0.15) is 5.56 Å². The van der Waals surface area contributed by atoms with Crippen LogP contribution in [0.15, 0.2) is 36.5 Å². The summed E-state index contributed by atoms with van der Waals surface area (Å²) in [6, 6.07) is 8.02. The fraction of sp³-hybridized carbons (Fsp3) is 0.0833. The molecule has 1 aromatic carbocycles. The Morgan fingerprint density at radius 3 is 2.73 bits per heavy atom. The molecule has 2 N–H and O–H groups in total. The van der Waals surface area contributed by atoms with Crippen LogP contribution >= 0.6 is 15.9 Å². The zero-order chi connectivity index (χ0) is 10.7.